The molecule has 1 aliphatic carbocycles. The Balaban J connectivity index is 2.07. The maximum Gasteiger partial charge on any atom is 0.195 e. The molecule has 5 nitrogen and oxygen atoms in total. The largest absolute Gasteiger partial charge is 0.381 e. The second kappa shape index (κ2) is 7.64. The summed E-state index contributed by atoms with van der Waals surface area (Å²) in [6, 6.07) is 0. The first-order valence-corrected chi connectivity index (χ1v) is 8.65. The molecule has 22 heavy (non-hydrogen) atoms. The first-order valence-electron chi connectivity index (χ1n) is 8.65. The highest BCUT2D eigenvalue weighted by molar-refractivity contribution is 5.79. The predicted octanol–water partition coefficient (Wildman–Crippen LogP) is 1.89. The van der Waals surface area contributed by atoms with E-state index in [1.165, 1.54) is 25.7 Å². The zero-order valence-electron chi connectivity index (χ0n) is 15.1. The fourth-order valence-corrected chi connectivity index (χ4v) is 4.07. The highest BCUT2D eigenvalue weighted by Crippen LogP contribution is 2.37. The maximum absolute atomic E-state index is 5.53. The number of hydrogen-bond acceptors (Lipinski definition) is 3. The quantitative estimate of drug-likeness (QED) is 0.586. The van der Waals surface area contributed by atoms with Gasteiger partial charge in [0, 0.05) is 53.9 Å². The van der Waals surface area contributed by atoms with Gasteiger partial charge in [-0.15, -0.1) is 0 Å². The van der Waals surface area contributed by atoms with Gasteiger partial charge >= 0.3 is 0 Å². The van der Waals surface area contributed by atoms with Crippen molar-refractivity contribution < 1.29 is 4.74 Å². The number of rotatable bonds is 4. The van der Waals surface area contributed by atoms with Gasteiger partial charge in [0.25, 0.3) is 0 Å². The van der Waals surface area contributed by atoms with Crippen LogP contribution in [0, 0.1) is 0 Å². The fourth-order valence-electron chi connectivity index (χ4n) is 4.07. The second-order valence-corrected chi connectivity index (χ2v) is 7.26. The van der Waals surface area contributed by atoms with Crippen LogP contribution in [0.3, 0.4) is 0 Å². The van der Waals surface area contributed by atoms with E-state index in [1.807, 2.05) is 7.11 Å². The van der Waals surface area contributed by atoms with Crippen molar-refractivity contribution in [3.8, 4) is 0 Å². The van der Waals surface area contributed by atoms with E-state index in [0.29, 0.717) is 6.10 Å². The lowest BCUT2D eigenvalue weighted by Gasteiger charge is -2.44. The van der Waals surface area contributed by atoms with Gasteiger partial charge in [0.1, 0.15) is 0 Å². The van der Waals surface area contributed by atoms with Crippen LogP contribution in [-0.2, 0) is 4.74 Å². The minimum atomic E-state index is 0.288. The first kappa shape index (κ1) is 17.5. The van der Waals surface area contributed by atoms with Crippen LogP contribution >= 0.6 is 0 Å². The summed E-state index contributed by atoms with van der Waals surface area (Å²) in [5, 5.41) is 0. The van der Waals surface area contributed by atoms with Crippen molar-refractivity contribution in [3.63, 3.8) is 0 Å². The number of aliphatic imine (C=N–C) groups is 1. The van der Waals surface area contributed by atoms with Crippen molar-refractivity contribution in [1.82, 2.24) is 14.7 Å². The molecule has 0 aromatic heterocycles. The minimum Gasteiger partial charge on any atom is -0.381 e. The molecule has 2 fully saturated rings. The van der Waals surface area contributed by atoms with Crippen LogP contribution in [0.1, 0.15) is 38.5 Å². The average Bonchev–Trinajstić information content (AvgIpc) is 2.97. The van der Waals surface area contributed by atoms with Gasteiger partial charge in [0.15, 0.2) is 5.96 Å². The van der Waals surface area contributed by atoms with E-state index < -0.39 is 0 Å². The van der Waals surface area contributed by atoms with Gasteiger partial charge in [-0.1, -0.05) is 12.8 Å². The SMILES string of the molecule is COC1CCN(C2(CN=C(N(C)C)N(C)C)CCCC2)CC1. The number of likely N-dealkylation sites (tertiary alicyclic amines) is 1. The predicted molar refractivity (Wildman–Crippen MR) is 92.5 cm³/mol. The van der Waals surface area contributed by atoms with Crippen LogP contribution in [-0.4, -0.2) is 87.2 Å². The van der Waals surface area contributed by atoms with Gasteiger partial charge in [-0.2, -0.15) is 0 Å². The van der Waals surface area contributed by atoms with Crippen LogP contribution < -0.4 is 0 Å². The minimum absolute atomic E-state index is 0.288. The molecular weight excluding hydrogens is 276 g/mol. The Bertz CT molecular complexity index is 357. The highest BCUT2D eigenvalue weighted by atomic mass is 16.5. The summed E-state index contributed by atoms with van der Waals surface area (Å²) in [5.41, 5.74) is 0.288. The molecule has 2 aliphatic rings. The smallest absolute Gasteiger partial charge is 0.195 e. The summed E-state index contributed by atoms with van der Waals surface area (Å²) in [5.74, 6) is 1.07. The van der Waals surface area contributed by atoms with Gasteiger partial charge in [0.2, 0.25) is 0 Å². The first-order chi connectivity index (χ1) is 10.5. The lowest BCUT2D eigenvalue weighted by atomic mass is 9.91. The lowest BCUT2D eigenvalue weighted by Crippen LogP contribution is -2.53. The lowest BCUT2D eigenvalue weighted by molar-refractivity contribution is -0.000153. The molecule has 0 atom stereocenters. The summed E-state index contributed by atoms with van der Waals surface area (Å²) >= 11 is 0. The summed E-state index contributed by atoms with van der Waals surface area (Å²) < 4.78 is 5.53. The molecule has 0 amide bonds. The molecule has 0 aromatic carbocycles. The molecule has 5 heteroatoms. The third kappa shape index (κ3) is 3.93. The summed E-state index contributed by atoms with van der Waals surface area (Å²) in [7, 11) is 10.1. The number of nitrogens with zero attached hydrogens (tertiary/aromatic N) is 4. The molecule has 1 saturated heterocycles. The molecule has 1 aliphatic heterocycles. The van der Waals surface area contributed by atoms with Gasteiger partial charge in [-0.25, -0.2) is 0 Å². The summed E-state index contributed by atoms with van der Waals surface area (Å²) in [4.78, 5) is 11.9. The Labute approximate surface area is 136 Å². The molecule has 1 heterocycles. The Morgan fingerprint density at radius 1 is 1.09 bits per heavy atom. The Morgan fingerprint density at radius 3 is 2.09 bits per heavy atom. The van der Waals surface area contributed by atoms with Gasteiger partial charge < -0.3 is 14.5 Å². The third-order valence-electron chi connectivity index (χ3n) is 5.30. The van der Waals surface area contributed by atoms with E-state index in [1.54, 1.807) is 0 Å². The topological polar surface area (TPSA) is 31.3 Å². The summed E-state index contributed by atoms with van der Waals surface area (Å²) in [6.07, 6.45) is 8.06. The van der Waals surface area contributed by atoms with Crippen LogP contribution in [0.2, 0.25) is 0 Å². The van der Waals surface area contributed by atoms with E-state index in [4.69, 9.17) is 9.73 Å². The zero-order chi connectivity index (χ0) is 16.2. The van der Waals surface area contributed by atoms with Crippen molar-refractivity contribution >= 4 is 5.96 Å². The molecule has 1 saturated carbocycles. The highest BCUT2D eigenvalue weighted by Gasteiger charge is 2.41. The van der Waals surface area contributed by atoms with Crippen molar-refractivity contribution in [2.24, 2.45) is 4.99 Å². The molecule has 0 spiro atoms. The molecule has 0 N–H and O–H groups in total. The van der Waals surface area contributed by atoms with E-state index >= 15 is 0 Å². The monoisotopic (exact) mass is 310 g/mol. The number of hydrogen-bond donors (Lipinski definition) is 0. The number of methoxy groups -OCH3 is 1. The van der Waals surface area contributed by atoms with E-state index in [9.17, 15) is 0 Å². The standard InChI is InChI=1S/C17H34N4O/c1-19(2)16(20(3)4)18-14-17(10-6-7-11-17)21-12-8-15(22-5)9-13-21/h15H,6-14H2,1-5H3. The average molecular weight is 310 g/mol. The normalized spacial score (nSPS) is 22.6. The van der Waals surface area contributed by atoms with Crippen molar-refractivity contribution in [2.75, 3.05) is 54.9 Å². The molecule has 0 aromatic rings. The second-order valence-electron chi connectivity index (χ2n) is 7.26. The molecule has 2 rings (SSSR count). The van der Waals surface area contributed by atoms with E-state index in [0.717, 1.165) is 38.4 Å². The van der Waals surface area contributed by atoms with Gasteiger partial charge in [-0.05, 0) is 25.7 Å². The van der Waals surface area contributed by atoms with Gasteiger partial charge in [-0.3, -0.25) is 9.89 Å². The molecule has 0 unspecified atom stereocenters. The Morgan fingerprint density at radius 2 is 1.64 bits per heavy atom. The number of ether oxygens (including phenoxy) is 1. The molecule has 0 radical (unpaired) electrons. The Kier molecular flexibility index (Phi) is 6.09. The molecule has 128 valence electrons. The van der Waals surface area contributed by atoms with Crippen LogP contribution in [0.15, 0.2) is 4.99 Å². The van der Waals surface area contributed by atoms with Crippen LogP contribution in [0.4, 0.5) is 0 Å². The number of piperidine rings is 1. The third-order valence-corrected chi connectivity index (χ3v) is 5.30. The van der Waals surface area contributed by atoms with E-state index in [2.05, 4.69) is 42.9 Å². The molecule has 0 bridgehead atoms. The summed E-state index contributed by atoms with van der Waals surface area (Å²) in [6.45, 7) is 3.25. The zero-order valence-corrected chi connectivity index (χ0v) is 15.1. The van der Waals surface area contributed by atoms with Crippen molar-refractivity contribution in [1.29, 1.82) is 0 Å². The number of guanidine groups is 1. The fraction of sp³-hybridized carbons (Fsp3) is 0.941. The Hall–Kier alpha value is -0.810. The van der Waals surface area contributed by atoms with E-state index in [-0.39, 0.29) is 5.54 Å². The van der Waals surface area contributed by atoms with Crippen molar-refractivity contribution in [2.45, 2.75) is 50.2 Å². The van der Waals surface area contributed by atoms with Gasteiger partial charge in [0.05, 0.1) is 12.6 Å². The maximum atomic E-state index is 5.53. The van der Waals surface area contributed by atoms with Crippen LogP contribution in [0.5, 0.6) is 0 Å². The molecular formula is C17H34N4O. The van der Waals surface area contributed by atoms with Crippen LogP contribution in [0.25, 0.3) is 0 Å². The van der Waals surface area contributed by atoms with Crippen molar-refractivity contribution in [3.05, 3.63) is 0 Å².